The molecule has 0 saturated heterocycles. The fourth-order valence-electron chi connectivity index (χ4n) is 4.57. The molecule has 0 saturated carbocycles. The summed E-state index contributed by atoms with van der Waals surface area (Å²) in [7, 11) is 3.51. The third kappa shape index (κ3) is 6.36. The van der Waals surface area contributed by atoms with Crippen molar-refractivity contribution >= 4 is 17.2 Å². The molecule has 4 heterocycles. The summed E-state index contributed by atoms with van der Waals surface area (Å²) in [6.45, 7) is 3.37. The number of carbonyl (C=O) groups is 1. The summed E-state index contributed by atoms with van der Waals surface area (Å²) in [6, 6.07) is 13.5. The second-order valence-corrected chi connectivity index (χ2v) is 10.4. The van der Waals surface area contributed by atoms with Gasteiger partial charge in [-0.1, -0.05) is 0 Å². The van der Waals surface area contributed by atoms with Crippen molar-refractivity contribution in [1.29, 1.82) is 0 Å². The van der Waals surface area contributed by atoms with E-state index in [0.29, 0.717) is 22.9 Å². The van der Waals surface area contributed by atoms with Crippen LogP contribution in [-0.2, 0) is 7.05 Å². The summed E-state index contributed by atoms with van der Waals surface area (Å²) in [5.41, 5.74) is 6.99. The lowest BCUT2D eigenvalue weighted by Gasteiger charge is -2.14. The highest BCUT2D eigenvalue weighted by Gasteiger charge is 2.19. The average molecular weight is 628 g/mol. The highest BCUT2D eigenvalue weighted by molar-refractivity contribution is 5.86. The number of anilines is 1. The predicted octanol–water partition coefficient (Wildman–Crippen LogP) is 4.54. The molecule has 2 aromatic carbocycles. The van der Waals surface area contributed by atoms with E-state index in [2.05, 4.69) is 10.1 Å². The molecule has 3 N–H and O–H groups in total. The Bertz CT molecular complexity index is 2160. The van der Waals surface area contributed by atoms with E-state index in [1.54, 1.807) is 56.2 Å². The van der Waals surface area contributed by atoms with E-state index >= 15 is 0 Å². The molecule has 0 spiro atoms. The average Bonchev–Trinajstić information content (AvgIpc) is 3.68. The van der Waals surface area contributed by atoms with E-state index in [1.807, 2.05) is 36.1 Å². The van der Waals surface area contributed by atoms with Gasteiger partial charge in [0.05, 0.1) is 31.0 Å². The van der Waals surface area contributed by atoms with Gasteiger partial charge < -0.3 is 24.9 Å². The quantitative estimate of drug-likeness (QED) is 0.242. The van der Waals surface area contributed by atoms with Gasteiger partial charge in [-0.25, -0.2) is 28.0 Å². The zero-order chi connectivity index (χ0) is 33.1. The van der Waals surface area contributed by atoms with Crippen LogP contribution in [0, 0.1) is 5.82 Å². The van der Waals surface area contributed by atoms with Gasteiger partial charge in [-0.05, 0) is 62.4 Å². The van der Waals surface area contributed by atoms with Crippen LogP contribution >= 0.6 is 0 Å². The van der Waals surface area contributed by atoms with Gasteiger partial charge in [0.25, 0.3) is 5.56 Å². The lowest BCUT2D eigenvalue weighted by atomic mass is 10.2. The van der Waals surface area contributed by atoms with Gasteiger partial charge in [0.15, 0.2) is 17.2 Å². The fourth-order valence-corrected chi connectivity index (χ4v) is 4.57. The minimum absolute atomic E-state index is 0.115. The number of aryl methyl sites for hydroxylation is 1. The van der Waals surface area contributed by atoms with Crippen LogP contribution in [0.3, 0.4) is 0 Å². The number of aromatic carboxylic acids is 1. The molecule has 236 valence electrons. The van der Waals surface area contributed by atoms with Gasteiger partial charge in [0.2, 0.25) is 0 Å². The second kappa shape index (κ2) is 12.8. The topological polar surface area (TPSA) is 161 Å². The molecule has 0 atom stereocenters. The number of benzene rings is 2. The summed E-state index contributed by atoms with van der Waals surface area (Å²) in [4.78, 5) is 40.0. The summed E-state index contributed by atoms with van der Waals surface area (Å²) in [6.07, 6.45) is 8.37. The van der Waals surface area contributed by atoms with Gasteiger partial charge >= 0.3 is 11.7 Å². The normalized spacial score (nSPS) is 10.9. The third-order valence-electron chi connectivity index (χ3n) is 6.86. The smallest absolute Gasteiger partial charge is 0.342 e. The van der Waals surface area contributed by atoms with Crippen molar-refractivity contribution in [3.05, 3.63) is 118 Å². The van der Waals surface area contributed by atoms with Crippen molar-refractivity contribution in [3.8, 4) is 34.2 Å². The van der Waals surface area contributed by atoms with Crippen LogP contribution < -0.4 is 26.5 Å². The number of nitrogen functional groups attached to an aromatic ring is 1. The maximum absolute atomic E-state index is 13.0. The molecule has 0 fully saturated rings. The zero-order valence-electron chi connectivity index (χ0n) is 25.3. The van der Waals surface area contributed by atoms with Crippen LogP contribution in [0.15, 0.2) is 95.3 Å². The maximum Gasteiger partial charge on any atom is 0.342 e. The van der Waals surface area contributed by atoms with Crippen LogP contribution in [0.5, 0.6) is 17.2 Å². The Morgan fingerprint density at radius 1 is 0.978 bits per heavy atom. The molecular formula is C32H30FN7O6. The fraction of sp³-hybridized carbons (Fsp3) is 0.156. The van der Waals surface area contributed by atoms with E-state index in [1.165, 1.54) is 12.1 Å². The molecule has 46 heavy (non-hydrogen) atoms. The van der Waals surface area contributed by atoms with Crippen LogP contribution in [0.25, 0.3) is 22.5 Å². The molecule has 6 rings (SSSR count). The lowest BCUT2D eigenvalue weighted by Crippen LogP contribution is -2.41. The van der Waals surface area contributed by atoms with Crippen molar-refractivity contribution in [2.24, 2.45) is 7.05 Å². The number of methoxy groups -OCH3 is 1. The number of carboxylic acid groups (broad SMARTS) is 1. The maximum atomic E-state index is 13.0. The summed E-state index contributed by atoms with van der Waals surface area (Å²) in [5.74, 6) is -0.141. The molecule has 0 bridgehead atoms. The lowest BCUT2D eigenvalue weighted by molar-refractivity contribution is 0.0693. The highest BCUT2D eigenvalue weighted by Crippen LogP contribution is 2.36. The number of nitrogens with two attached hydrogens (primary N) is 1. The van der Waals surface area contributed by atoms with Crippen LogP contribution in [-0.4, -0.2) is 46.5 Å². The SMILES string of the molecule is CC(C)n1cc(C(=O)O)c(=O)n(-c2ccc(F)cc2)c1=O.COc1cc(N)ccc1Oc1cc(-c2cn(C)cn2)cn2nccc12. The van der Waals surface area contributed by atoms with Gasteiger partial charge in [-0.3, -0.25) is 9.36 Å². The number of nitrogens with zero attached hydrogens (tertiary/aromatic N) is 6. The first-order valence-corrected chi connectivity index (χ1v) is 13.9. The number of halogens is 1. The molecule has 14 heteroatoms. The number of fused-ring (bicyclic) bond motifs is 1. The molecule has 6 aromatic rings. The first kappa shape index (κ1) is 31.3. The summed E-state index contributed by atoms with van der Waals surface area (Å²) < 4.78 is 30.0. The van der Waals surface area contributed by atoms with Crippen molar-refractivity contribution in [2.75, 3.05) is 12.8 Å². The largest absolute Gasteiger partial charge is 0.493 e. The Balaban J connectivity index is 0.000000184. The minimum Gasteiger partial charge on any atom is -0.493 e. The molecule has 0 unspecified atom stereocenters. The van der Waals surface area contributed by atoms with Gasteiger partial charge in [-0.2, -0.15) is 5.10 Å². The number of hydrogen-bond donors (Lipinski definition) is 2. The van der Waals surface area contributed by atoms with Gasteiger partial charge in [0.1, 0.15) is 16.9 Å². The molecule has 13 nitrogen and oxygen atoms in total. The number of hydrogen-bond acceptors (Lipinski definition) is 8. The first-order valence-electron chi connectivity index (χ1n) is 13.9. The highest BCUT2D eigenvalue weighted by atomic mass is 19.1. The summed E-state index contributed by atoms with van der Waals surface area (Å²) >= 11 is 0. The zero-order valence-corrected chi connectivity index (χ0v) is 25.3. The van der Waals surface area contributed by atoms with E-state index in [9.17, 15) is 18.8 Å². The molecule has 0 aliphatic rings. The van der Waals surface area contributed by atoms with Crippen LogP contribution in [0.4, 0.5) is 10.1 Å². The second-order valence-electron chi connectivity index (χ2n) is 10.4. The Labute approximate surface area is 261 Å². The Hall–Kier alpha value is -6.18. The molecular weight excluding hydrogens is 597 g/mol. The monoisotopic (exact) mass is 627 g/mol. The van der Waals surface area contributed by atoms with Crippen molar-refractivity contribution in [2.45, 2.75) is 19.9 Å². The van der Waals surface area contributed by atoms with E-state index in [4.69, 9.17) is 20.3 Å². The Kier molecular flexibility index (Phi) is 8.71. The number of pyridine rings is 1. The standard InChI is InChI=1S/C18H17N5O2.C14H13FN2O4/c1-22-10-14(20-11-22)12-7-17(15-5-6-21-23(15)9-12)25-16-4-3-13(19)8-18(16)24-2;1-8(2)16-7-11(13(19)20)12(18)17(14(16)21)10-5-3-9(15)4-6-10/h3-11H,19H2,1-2H3;3-8H,1-2H3,(H,19,20). The first-order chi connectivity index (χ1) is 22.0. The number of rotatable bonds is 7. The van der Waals surface area contributed by atoms with Gasteiger partial charge in [0, 0.05) is 49.0 Å². The van der Waals surface area contributed by atoms with E-state index in [-0.39, 0.29) is 11.7 Å². The molecule has 4 aromatic heterocycles. The van der Waals surface area contributed by atoms with Gasteiger partial charge in [-0.15, -0.1) is 0 Å². The molecule has 0 aliphatic carbocycles. The number of aromatic nitrogens is 6. The number of carboxylic acids is 1. The molecule has 0 aliphatic heterocycles. The number of ether oxygens (including phenoxy) is 2. The molecule has 0 radical (unpaired) electrons. The van der Waals surface area contributed by atoms with Crippen molar-refractivity contribution < 1.29 is 23.8 Å². The summed E-state index contributed by atoms with van der Waals surface area (Å²) in [5, 5.41) is 13.4. The van der Waals surface area contributed by atoms with Crippen LogP contribution in [0.2, 0.25) is 0 Å². The van der Waals surface area contributed by atoms with Crippen molar-refractivity contribution in [1.82, 2.24) is 28.3 Å². The van der Waals surface area contributed by atoms with E-state index in [0.717, 1.165) is 44.2 Å². The Morgan fingerprint density at radius 2 is 1.72 bits per heavy atom. The predicted molar refractivity (Wildman–Crippen MR) is 168 cm³/mol. The Morgan fingerprint density at radius 3 is 2.35 bits per heavy atom. The van der Waals surface area contributed by atoms with Crippen LogP contribution in [0.1, 0.15) is 30.2 Å². The molecule has 0 amide bonds. The number of imidazole rings is 1. The minimum atomic E-state index is -1.43. The van der Waals surface area contributed by atoms with Crippen molar-refractivity contribution in [3.63, 3.8) is 0 Å². The third-order valence-corrected chi connectivity index (χ3v) is 6.86. The van der Waals surface area contributed by atoms with E-state index < -0.39 is 28.6 Å².